The van der Waals surface area contributed by atoms with Crippen molar-refractivity contribution in [1.29, 1.82) is 0 Å². The van der Waals surface area contributed by atoms with Gasteiger partial charge in [0.05, 0.1) is 24.2 Å². The predicted molar refractivity (Wildman–Crippen MR) is 128 cm³/mol. The number of rotatable bonds is 7. The maximum atomic E-state index is 13.2. The van der Waals surface area contributed by atoms with Crippen LogP contribution in [0.25, 0.3) is 5.69 Å². The molecule has 1 N–H and O–H groups in total. The molecule has 2 heterocycles. The van der Waals surface area contributed by atoms with E-state index in [2.05, 4.69) is 25.6 Å². The Morgan fingerprint density at radius 3 is 2.67 bits per heavy atom. The van der Waals surface area contributed by atoms with E-state index in [4.69, 9.17) is 16.3 Å². The summed E-state index contributed by atoms with van der Waals surface area (Å²) in [5.41, 5.74) is 3.98. The zero-order valence-electron chi connectivity index (χ0n) is 18.2. The SMILES string of the molecule is COc1ccc(C)cc1NC(=O)c1nnn(-c2ccc(C)c(Cl)c2)c1CSc1ncccn1. The van der Waals surface area contributed by atoms with Crippen LogP contribution in [0.3, 0.4) is 0 Å². The summed E-state index contributed by atoms with van der Waals surface area (Å²) in [5, 5.41) is 12.5. The fraction of sp³-hybridized carbons (Fsp3) is 0.174. The highest BCUT2D eigenvalue weighted by atomic mass is 35.5. The normalized spacial score (nSPS) is 10.8. The molecule has 2 aromatic heterocycles. The van der Waals surface area contributed by atoms with Gasteiger partial charge in [0, 0.05) is 23.2 Å². The third-order valence-electron chi connectivity index (χ3n) is 4.86. The fourth-order valence-corrected chi connectivity index (χ4v) is 4.09. The van der Waals surface area contributed by atoms with Crippen molar-refractivity contribution in [2.45, 2.75) is 24.8 Å². The minimum atomic E-state index is -0.395. The third-order valence-corrected chi connectivity index (χ3v) is 6.16. The number of benzene rings is 2. The summed E-state index contributed by atoms with van der Waals surface area (Å²) in [5.74, 6) is 0.532. The first kappa shape index (κ1) is 22.8. The summed E-state index contributed by atoms with van der Waals surface area (Å²) in [6, 6.07) is 12.9. The maximum absolute atomic E-state index is 13.2. The standard InChI is InChI=1S/C23H21ClN6O2S/c1-14-5-8-20(32-3)18(11-14)27-22(31)21-19(13-33-23-25-9-4-10-26-23)30(29-28-21)16-7-6-15(2)17(24)12-16/h4-12H,13H2,1-3H3,(H,27,31). The minimum absolute atomic E-state index is 0.193. The number of aryl methyl sites for hydroxylation is 2. The van der Waals surface area contributed by atoms with Gasteiger partial charge in [-0.15, -0.1) is 5.10 Å². The van der Waals surface area contributed by atoms with Gasteiger partial charge >= 0.3 is 0 Å². The quantitative estimate of drug-likeness (QED) is 0.297. The number of methoxy groups -OCH3 is 1. The van der Waals surface area contributed by atoms with E-state index in [1.165, 1.54) is 11.8 Å². The Hall–Kier alpha value is -3.43. The number of halogens is 1. The number of anilines is 1. The molecule has 0 unspecified atom stereocenters. The number of carbonyl (C=O) groups excluding carboxylic acids is 1. The lowest BCUT2D eigenvalue weighted by Gasteiger charge is -2.11. The van der Waals surface area contributed by atoms with Gasteiger partial charge in [0.1, 0.15) is 5.75 Å². The van der Waals surface area contributed by atoms with Gasteiger partial charge < -0.3 is 10.1 Å². The lowest BCUT2D eigenvalue weighted by Crippen LogP contribution is -2.16. The smallest absolute Gasteiger partial charge is 0.278 e. The van der Waals surface area contributed by atoms with E-state index in [9.17, 15) is 4.79 Å². The Kier molecular flexibility index (Phi) is 6.90. The van der Waals surface area contributed by atoms with E-state index in [-0.39, 0.29) is 5.69 Å². The fourth-order valence-electron chi connectivity index (χ4n) is 3.12. The summed E-state index contributed by atoms with van der Waals surface area (Å²) in [4.78, 5) is 21.7. The summed E-state index contributed by atoms with van der Waals surface area (Å²) in [6.07, 6.45) is 3.34. The molecular formula is C23H21ClN6O2S. The largest absolute Gasteiger partial charge is 0.495 e. The Balaban J connectivity index is 1.71. The van der Waals surface area contributed by atoms with Crippen molar-refractivity contribution in [2.24, 2.45) is 0 Å². The van der Waals surface area contributed by atoms with E-state index >= 15 is 0 Å². The molecule has 0 bridgehead atoms. The Bertz CT molecular complexity index is 1300. The molecule has 2 aromatic carbocycles. The molecule has 8 nitrogen and oxygen atoms in total. The molecule has 1 amide bonds. The number of thioether (sulfide) groups is 1. The maximum Gasteiger partial charge on any atom is 0.278 e. The molecule has 0 aliphatic rings. The van der Waals surface area contributed by atoms with Crippen molar-refractivity contribution in [3.05, 3.63) is 82.4 Å². The second-order valence-electron chi connectivity index (χ2n) is 7.21. The van der Waals surface area contributed by atoms with E-state index in [0.29, 0.717) is 38.8 Å². The molecule has 168 valence electrons. The summed E-state index contributed by atoms with van der Waals surface area (Å²) in [7, 11) is 1.56. The number of hydrogen-bond acceptors (Lipinski definition) is 7. The van der Waals surface area contributed by atoms with Gasteiger partial charge in [-0.05, 0) is 55.3 Å². The number of ether oxygens (including phenoxy) is 1. The average Bonchev–Trinajstić information content (AvgIpc) is 3.24. The van der Waals surface area contributed by atoms with Crippen LogP contribution >= 0.6 is 23.4 Å². The van der Waals surface area contributed by atoms with Crippen molar-refractivity contribution in [3.8, 4) is 11.4 Å². The van der Waals surface area contributed by atoms with Crippen molar-refractivity contribution < 1.29 is 9.53 Å². The van der Waals surface area contributed by atoms with Gasteiger partial charge in [0.15, 0.2) is 10.9 Å². The highest BCUT2D eigenvalue weighted by Crippen LogP contribution is 2.28. The number of carbonyl (C=O) groups is 1. The highest BCUT2D eigenvalue weighted by Gasteiger charge is 2.22. The van der Waals surface area contributed by atoms with Crippen molar-refractivity contribution in [2.75, 3.05) is 12.4 Å². The number of nitrogens with one attached hydrogen (secondary N) is 1. The number of amides is 1. The molecule has 10 heteroatoms. The van der Waals surface area contributed by atoms with Crippen molar-refractivity contribution in [3.63, 3.8) is 0 Å². The first-order chi connectivity index (χ1) is 16.0. The molecule has 0 atom stereocenters. The molecule has 0 aliphatic heterocycles. The molecule has 0 spiro atoms. The molecule has 0 saturated heterocycles. The van der Waals surface area contributed by atoms with E-state index in [1.807, 2.05) is 38.1 Å². The number of aromatic nitrogens is 5. The van der Waals surface area contributed by atoms with Crippen LogP contribution in [0.15, 0.2) is 60.0 Å². The first-order valence-corrected chi connectivity index (χ1v) is 11.4. The van der Waals surface area contributed by atoms with Crippen LogP contribution in [0.5, 0.6) is 5.75 Å². The summed E-state index contributed by atoms with van der Waals surface area (Å²) in [6.45, 7) is 3.86. The predicted octanol–water partition coefficient (Wildman–Crippen LogP) is 4.88. The van der Waals surface area contributed by atoms with Crippen molar-refractivity contribution >= 4 is 35.0 Å². The van der Waals surface area contributed by atoms with Crippen LogP contribution in [0.2, 0.25) is 5.02 Å². The zero-order valence-corrected chi connectivity index (χ0v) is 19.8. The second-order valence-corrected chi connectivity index (χ2v) is 8.56. The summed E-state index contributed by atoms with van der Waals surface area (Å²) < 4.78 is 7.00. The molecule has 33 heavy (non-hydrogen) atoms. The molecule has 4 rings (SSSR count). The van der Waals surface area contributed by atoms with Gasteiger partial charge in [0.2, 0.25) is 0 Å². The first-order valence-electron chi connectivity index (χ1n) is 10.0. The van der Waals surface area contributed by atoms with Crippen LogP contribution in [-0.4, -0.2) is 38.0 Å². The lowest BCUT2D eigenvalue weighted by molar-refractivity contribution is 0.102. The van der Waals surface area contributed by atoms with Crippen LogP contribution in [-0.2, 0) is 5.75 Å². The number of nitrogens with zero attached hydrogens (tertiary/aromatic N) is 5. The zero-order chi connectivity index (χ0) is 23.4. The van der Waals surface area contributed by atoms with Gasteiger partial charge in [-0.1, -0.05) is 40.7 Å². The Morgan fingerprint density at radius 1 is 1.15 bits per heavy atom. The van der Waals surface area contributed by atoms with Gasteiger partial charge in [-0.2, -0.15) is 0 Å². The van der Waals surface area contributed by atoms with Gasteiger partial charge in [0.25, 0.3) is 5.91 Å². The van der Waals surface area contributed by atoms with Crippen LogP contribution in [0.1, 0.15) is 27.3 Å². The van der Waals surface area contributed by atoms with Crippen LogP contribution in [0.4, 0.5) is 5.69 Å². The highest BCUT2D eigenvalue weighted by molar-refractivity contribution is 7.98. The molecule has 0 saturated carbocycles. The minimum Gasteiger partial charge on any atom is -0.495 e. The summed E-state index contributed by atoms with van der Waals surface area (Å²) >= 11 is 7.72. The van der Waals surface area contributed by atoms with Gasteiger partial charge in [-0.25, -0.2) is 14.6 Å². The molecule has 0 radical (unpaired) electrons. The second kappa shape index (κ2) is 10.0. The Labute approximate surface area is 200 Å². The van der Waals surface area contributed by atoms with Crippen molar-refractivity contribution in [1.82, 2.24) is 25.0 Å². The third kappa shape index (κ3) is 5.15. The lowest BCUT2D eigenvalue weighted by atomic mass is 10.2. The van der Waals surface area contributed by atoms with Gasteiger partial charge in [-0.3, -0.25) is 4.79 Å². The van der Waals surface area contributed by atoms with E-state index in [1.54, 1.807) is 42.4 Å². The monoisotopic (exact) mass is 480 g/mol. The topological polar surface area (TPSA) is 94.8 Å². The van der Waals surface area contributed by atoms with E-state index in [0.717, 1.165) is 11.1 Å². The van der Waals surface area contributed by atoms with Crippen LogP contribution < -0.4 is 10.1 Å². The van der Waals surface area contributed by atoms with Crippen LogP contribution in [0, 0.1) is 13.8 Å². The van der Waals surface area contributed by atoms with E-state index < -0.39 is 5.91 Å². The molecule has 0 fully saturated rings. The molecule has 4 aromatic rings. The average molecular weight is 481 g/mol. The molecular weight excluding hydrogens is 460 g/mol. The number of hydrogen-bond donors (Lipinski definition) is 1. The molecule has 0 aliphatic carbocycles. The Morgan fingerprint density at radius 2 is 1.94 bits per heavy atom.